The molecule has 3 aliphatic heterocycles. The molecule has 0 N–H and O–H groups in total. The summed E-state index contributed by atoms with van der Waals surface area (Å²) in [4.78, 5) is 25.5. The van der Waals surface area contributed by atoms with Crippen LogP contribution >= 0.6 is 0 Å². The number of methoxy groups -OCH3 is 1. The molecule has 148 valence electrons. The molecule has 7 nitrogen and oxygen atoms in total. The number of carbonyl (C=O) groups is 1. The second-order valence-electron chi connectivity index (χ2n) is 7.44. The minimum atomic E-state index is -4.52. The number of esters is 1. The van der Waals surface area contributed by atoms with Crippen molar-refractivity contribution in [1.29, 1.82) is 0 Å². The van der Waals surface area contributed by atoms with Gasteiger partial charge in [0.25, 0.3) is 0 Å². The van der Waals surface area contributed by atoms with Gasteiger partial charge in [0.15, 0.2) is 5.69 Å². The number of aromatic nitrogens is 2. The van der Waals surface area contributed by atoms with Crippen LogP contribution in [0.2, 0.25) is 0 Å². The van der Waals surface area contributed by atoms with E-state index < -0.39 is 11.9 Å². The number of hydrogen-bond donors (Lipinski definition) is 0. The van der Waals surface area contributed by atoms with E-state index in [1.54, 1.807) is 4.90 Å². The number of likely N-dealkylation sites (tertiary alicyclic amines) is 1. The van der Waals surface area contributed by atoms with E-state index in [1.165, 1.54) is 7.11 Å². The first-order valence-corrected chi connectivity index (χ1v) is 9.06. The van der Waals surface area contributed by atoms with Gasteiger partial charge in [-0.15, -0.1) is 0 Å². The fourth-order valence-electron chi connectivity index (χ4n) is 4.11. The summed E-state index contributed by atoms with van der Waals surface area (Å²) < 4.78 is 44.8. The van der Waals surface area contributed by atoms with E-state index in [1.807, 2.05) is 16.7 Å². The number of rotatable bonds is 4. The van der Waals surface area contributed by atoms with Crippen LogP contribution in [0, 0.1) is 0 Å². The van der Waals surface area contributed by atoms with Crippen LogP contribution in [-0.4, -0.2) is 72.3 Å². The summed E-state index contributed by atoms with van der Waals surface area (Å²) in [5, 5.41) is 0. The lowest BCUT2D eigenvalue weighted by Crippen LogP contribution is -2.49. The molecule has 3 atom stereocenters. The van der Waals surface area contributed by atoms with Gasteiger partial charge in [-0.05, 0) is 19.8 Å². The van der Waals surface area contributed by atoms with Crippen molar-refractivity contribution < 1.29 is 22.7 Å². The predicted octanol–water partition coefficient (Wildman–Crippen LogP) is 1.53. The fourth-order valence-corrected chi connectivity index (χ4v) is 4.11. The van der Waals surface area contributed by atoms with Gasteiger partial charge in [-0.25, -0.2) is 4.98 Å². The van der Waals surface area contributed by atoms with E-state index in [2.05, 4.69) is 9.97 Å². The number of piperazine rings is 1. The van der Waals surface area contributed by atoms with Gasteiger partial charge >= 0.3 is 12.1 Å². The quantitative estimate of drug-likeness (QED) is 0.729. The molecule has 10 heteroatoms. The van der Waals surface area contributed by atoms with Crippen LogP contribution < -0.4 is 9.80 Å². The molecule has 0 aliphatic carbocycles. The number of fused-ring (bicyclic) bond motifs is 2. The fraction of sp³-hybridized carbons (Fsp3) is 0.706. The van der Waals surface area contributed by atoms with Gasteiger partial charge in [-0.2, -0.15) is 18.2 Å². The second kappa shape index (κ2) is 6.50. The lowest BCUT2D eigenvalue weighted by molar-refractivity contribution is -0.142. The molecule has 0 saturated carbocycles. The second-order valence-corrected chi connectivity index (χ2v) is 7.44. The Labute approximate surface area is 155 Å². The topological polar surface area (TPSA) is 61.8 Å². The Balaban J connectivity index is 1.58. The van der Waals surface area contributed by atoms with Crippen LogP contribution in [0.4, 0.5) is 24.9 Å². The number of ether oxygens (including phenoxy) is 1. The zero-order chi connectivity index (χ0) is 19.3. The average Bonchev–Trinajstić information content (AvgIpc) is 3.19. The van der Waals surface area contributed by atoms with Crippen LogP contribution in [0.25, 0.3) is 0 Å². The van der Waals surface area contributed by atoms with E-state index >= 15 is 0 Å². The van der Waals surface area contributed by atoms with Crippen molar-refractivity contribution in [2.24, 2.45) is 0 Å². The third-order valence-electron chi connectivity index (χ3n) is 5.78. The maximum absolute atomic E-state index is 13.4. The third kappa shape index (κ3) is 3.30. The number of anilines is 2. The molecule has 2 bridgehead atoms. The molecule has 1 aromatic heterocycles. The highest BCUT2D eigenvalue weighted by atomic mass is 19.4. The molecule has 0 spiro atoms. The van der Waals surface area contributed by atoms with Crippen LogP contribution in [0.1, 0.15) is 25.5 Å². The smallest absolute Gasteiger partial charge is 0.433 e. The molecule has 4 rings (SSSR count). The Kier molecular flexibility index (Phi) is 4.40. The summed E-state index contributed by atoms with van der Waals surface area (Å²) in [7, 11) is 1.35. The van der Waals surface area contributed by atoms with Crippen molar-refractivity contribution in [2.45, 2.75) is 44.1 Å². The SMILES string of the molecule is COC(=O)CN1C[C@H]2C[C@@H]1CN2c1cc(C(F)(F)F)nc(N2CC[C@@H]2C)n1. The van der Waals surface area contributed by atoms with Gasteiger partial charge in [-0.3, -0.25) is 9.69 Å². The van der Waals surface area contributed by atoms with Crippen LogP contribution in [0.5, 0.6) is 0 Å². The first-order valence-electron chi connectivity index (χ1n) is 9.06. The third-order valence-corrected chi connectivity index (χ3v) is 5.78. The molecule has 3 saturated heterocycles. The van der Waals surface area contributed by atoms with Crippen LogP contribution in [-0.2, 0) is 15.7 Å². The largest absolute Gasteiger partial charge is 0.468 e. The van der Waals surface area contributed by atoms with Gasteiger partial charge < -0.3 is 14.5 Å². The summed E-state index contributed by atoms with van der Waals surface area (Å²) >= 11 is 0. The van der Waals surface area contributed by atoms with Crippen molar-refractivity contribution in [3.8, 4) is 0 Å². The molecule has 1 aromatic rings. The van der Waals surface area contributed by atoms with Gasteiger partial charge in [0.2, 0.25) is 5.95 Å². The number of nitrogens with zero attached hydrogens (tertiary/aromatic N) is 5. The molecule has 4 heterocycles. The van der Waals surface area contributed by atoms with E-state index in [0.29, 0.717) is 25.5 Å². The first-order chi connectivity index (χ1) is 12.8. The van der Waals surface area contributed by atoms with Gasteiger partial charge in [0.05, 0.1) is 13.7 Å². The van der Waals surface area contributed by atoms with Gasteiger partial charge in [-0.1, -0.05) is 0 Å². The summed E-state index contributed by atoms with van der Waals surface area (Å²) in [6, 6.07) is 1.34. The monoisotopic (exact) mass is 385 g/mol. The van der Waals surface area contributed by atoms with Crippen LogP contribution in [0.3, 0.4) is 0 Å². The lowest BCUT2D eigenvalue weighted by atomic mass is 10.1. The Morgan fingerprint density at radius 3 is 2.56 bits per heavy atom. The van der Waals surface area contributed by atoms with Crippen LogP contribution in [0.15, 0.2) is 6.07 Å². The highest BCUT2D eigenvalue weighted by molar-refractivity contribution is 5.71. The van der Waals surface area contributed by atoms with E-state index in [-0.39, 0.29) is 36.6 Å². The molecule has 3 aliphatic rings. The van der Waals surface area contributed by atoms with Crippen molar-refractivity contribution in [1.82, 2.24) is 14.9 Å². The Hall–Kier alpha value is -2.10. The van der Waals surface area contributed by atoms with E-state index in [4.69, 9.17) is 4.74 Å². The minimum absolute atomic E-state index is 0.0392. The Morgan fingerprint density at radius 1 is 1.26 bits per heavy atom. The molecule has 3 fully saturated rings. The lowest BCUT2D eigenvalue weighted by Gasteiger charge is -2.40. The van der Waals surface area contributed by atoms with E-state index in [0.717, 1.165) is 18.9 Å². The highest BCUT2D eigenvalue weighted by Gasteiger charge is 2.45. The summed E-state index contributed by atoms with van der Waals surface area (Å²) in [5.74, 6) is 0.161. The predicted molar refractivity (Wildman–Crippen MR) is 91.6 cm³/mol. The average molecular weight is 385 g/mol. The molecule has 0 radical (unpaired) electrons. The van der Waals surface area contributed by atoms with Gasteiger partial charge in [0, 0.05) is 43.8 Å². The van der Waals surface area contributed by atoms with Crippen molar-refractivity contribution in [2.75, 3.05) is 43.1 Å². The van der Waals surface area contributed by atoms with E-state index in [9.17, 15) is 18.0 Å². The molecule has 0 unspecified atom stereocenters. The normalized spacial score (nSPS) is 27.8. The first kappa shape index (κ1) is 18.3. The number of carbonyl (C=O) groups excluding carboxylic acids is 1. The molecule has 0 aromatic carbocycles. The summed E-state index contributed by atoms with van der Waals surface area (Å²) in [6.45, 7) is 3.99. The maximum Gasteiger partial charge on any atom is 0.433 e. The molecule has 27 heavy (non-hydrogen) atoms. The number of hydrogen-bond acceptors (Lipinski definition) is 7. The summed E-state index contributed by atoms with van der Waals surface area (Å²) in [6.07, 6.45) is -2.79. The Morgan fingerprint density at radius 2 is 2.04 bits per heavy atom. The standard InChI is InChI=1S/C17H22F3N5O2/c1-10-3-4-24(10)16-21-13(17(18,19)20)6-14(22-16)25-8-11-5-12(25)7-23(11)9-15(26)27-2/h6,10-12H,3-5,7-9H2,1-2H3/t10-,11+,12+/m0/s1. The molecular weight excluding hydrogens is 363 g/mol. The minimum Gasteiger partial charge on any atom is -0.468 e. The number of halogens is 3. The van der Waals surface area contributed by atoms with Crippen molar-refractivity contribution in [3.63, 3.8) is 0 Å². The van der Waals surface area contributed by atoms with Crippen molar-refractivity contribution in [3.05, 3.63) is 11.8 Å². The van der Waals surface area contributed by atoms with Crippen molar-refractivity contribution >= 4 is 17.7 Å². The molecular formula is C17H22F3N5O2. The highest BCUT2D eigenvalue weighted by Crippen LogP contribution is 2.38. The summed E-state index contributed by atoms with van der Waals surface area (Å²) in [5.41, 5.74) is -0.907. The zero-order valence-electron chi connectivity index (χ0n) is 15.2. The number of alkyl halides is 3. The molecule has 0 amide bonds. The van der Waals surface area contributed by atoms with Gasteiger partial charge in [0.1, 0.15) is 5.82 Å². The Bertz CT molecular complexity index is 744. The maximum atomic E-state index is 13.4. The zero-order valence-corrected chi connectivity index (χ0v) is 15.2.